The highest BCUT2D eigenvalue weighted by atomic mass is 32.2. The molecule has 0 spiro atoms. The molecule has 0 heterocycles. The minimum absolute atomic E-state index is 0.00128. The van der Waals surface area contributed by atoms with Crippen LogP contribution in [0.15, 0.2) is 52.3 Å². The van der Waals surface area contributed by atoms with Crippen molar-refractivity contribution in [2.24, 2.45) is 0 Å². The Hall–Kier alpha value is -2.47. The fraction of sp³-hybridized carbons (Fsp3) is 0. The molecule has 0 radical (unpaired) electrons. The first-order valence-corrected chi connectivity index (χ1v) is 6.40. The fourth-order valence-corrected chi connectivity index (χ4v) is 2.67. The van der Waals surface area contributed by atoms with E-state index in [4.69, 9.17) is 5.73 Å². The molecular formula is C14H9NO4S-2. The van der Waals surface area contributed by atoms with Crippen molar-refractivity contribution in [1.82, 2.24) is 0 Å². The van der Waals surface area contributed by atoms with Gasteiger partial charge < -0.3 is 25.5 Å². The van der Waals surface area contributed by atoms with Crippen LogP contribution < -0.4 is 15.9 Å². The molecule has 0 saturated heterocycles. The molecule has 0 aromatic heterocycles. The van der Waals surface area contributed by atoms with Gasteiger partial charge in [0.15, 0.2) is 0 Å². The molecule has 2 rings (SSSR count). The molecule has 0 amide bonds. The summed E-state index contributed by atoms with van der Waals surface area (Å²) in [5.41, 5.74) is 5.74. The lowest BCUT2D eigenvalue weighted by Crippen LogP contribution is -2.24. The van der Waals surface area contributed by atoms with E-state index in [2.05, 4.69) is 0 Å². The van der Waals surface area contributed by atoms with Gasteiger partial charge in [0, 0.05) is 26.6 Å². The molecule has 0 bridgehead atoms. The van der Waals surface area contributed by atoms with Crippen LogP contribution in [0.4, 0.5) is 5.69 Å². The fourth-order valence-electron chi connectivity index (χ4n) is 1.64. The molecule has 2 aromatic rings. The Balaban J connectivity index is 2.45. The van der Waals surface area contributed by atoms with E-state index in [1.54, 1.807) is 18.2 Å². The smallest absolute Gasteiger partial charge is 0.0727 e. The van der Waals surface area contributed by atoms with Crippen molar-refractivity contribution in [3.05, 3.63) is 53.6 Å². The van der Waals surface area contributed by atoms with Gasteiger partial charge >= 0.3 is 0 Å². The second kappa shape index (κ2) is 5.66. The lowest BCUT2D eigenvalue weighted by Gasteiger charge is -2.13. The van der Waals surface area contributed by atoms with Gasteiger partial charge in [-0.25, -0.2) is 0 Å². The predicted octanol–water partition coefficient (Wildman–Crippen LogP) is 0.147. The number of carboxylic acid groups (broad SMARTS) is 2. The van der Waals surface area contributed by atoms with Crippen molar-refractivity contribution in [2.75, 3.05) is 5.73 Å². The van der Waals surface area contributed by atoms with E-state index >= 15 is 0 Å². The van der Waals surface area contributed by atoms with E-state index in [9.17, 15) is 19.8 Å². The first-order chi connectivity index (χ1) is 9.49. The number of anilines is 1. The third-order valence-electron chi connectivity index (χ3n) is 2.55. The summed E-state index contributed by atoms with van der Waals surface area (Å²) in [6.07, 6.45) is 0. The Bertz CT molecular complexity index is 685. The maximum Gasteiger partial charge on any atom is 0.0727 e. The van der Waals surface area contributed by atoms with E-state index in [0.717, 1.165) is 11.8 Å². The summed E-state index contributed by atoms with van der Waals surface area (Å²) in [6.45, 7) is 0. The number of hydrogen-bond donors (Lipinski definition) is 1. The molecule has 0 unspecified atom stereocenters. The number of benzene rings is 2. The molecule has 6 heteroatoms. The topological polar surface area (TPSA) is 106 Å². The third kappa shape index (κ3) is 2.92. The molecule has 0 aliphatic carbocycles. The molecule has 2 aromatic carbocycles. The average Bonchev–Trinajstić information content (AvgIpc) is 2.41. The third-order valence-corrected chi connectivity index (χ3v) is 3.70. The minimum Gasteiger partial charge on any atom is -0.545 e. The molecule has 102 valence electrons. The van der Waals surface area contributed by atoms with Crippen molar-refractivity contribution in [2.45, 2.75) is 9.79 Å². The van der Waals surface area contributed by atoms with Gasteiger partial charge in [0.25, 0.3) is 0 Å². The quantitative estimate of drug-likeness (QED) is 0.802. The zero-order valence-electron chi connectivity index (χ0n) is 10.2. The van der Waals surface area contributed by atoms with E-state index in [1.165, 1.54) is 24.3 Å². The number of carbonyl (C=O) groups excluding carboxylic acids is 2. The molecular weight excluding hydrogens is 278 g/mol. The van der Waals surface area contributed by atoms with Crippen LogP contribution in [0.2, 0.25) is 0 Å². The van der Waals surface area contributed by atoms with Gasteiger partial charge in [0.2, 0.25) is 0 Å². The Morgan fingerprint density at radius 2 is 1.50 bits per heavy atom. The summed E-state index contributed by atoms with van der Waals surface area (Å²) in [6, 6.07) is 10.5. The Morgan fingerprint density at radius 3 is 2.15 bits per heavy atom. The number of nitrogen functional groups attached to an aromatic ring is 1. The van der Waals surface area contributed by atoms with Gasteiger partial charge in [-0.2, -0.15) is 0 Å². The number of hydrogen-bond acceptors (Lipinski definition) is 6. The van der Waals surface area contributed by atoms with Crippen molar-refractivity contribution >= 4 is 29.4 Å². The molecule has 20 heavy (non-hydrogen) atoms. The molecule has 0 saturated carbocycles. The Labute approximate surface area is 119 Å². The second-order valence-corrected chi connectivity index (χ2v) is 5.01. The van der Waals surface area contributed by atoms with E-state index in [1.807, 2.05) is 0 Å². The zero-order valence-corrected chi connectivity index (χ0v) is 11.0. The summed E-state index contributed by atoms with van der Waals surface area (Å²) >= 11 is 1.01. The summed E-state index contributed by atoms with van der Waals surface area (Å²) in [7, 11) is 0. The summed E-state index contributed by atoms with van der Waals surface area (Å²) < 4.78 is 0. The molecule has 0 fully saturated rings. The van der Waals surface area contributed by atoms with Gasteiger partial charge in [-0.15, -0.1) is 0 Å². The predicted molar refractivity (Wildman–Crippen MR) is 70.1 cm³/mol. The lowest BCUT2D eigenvalue weighted by molar-refractivity contribution is -0.256. The SMILES string of the molecule is Nc1ccc(Sc2ccccc2C(=O)[O-])c(C(=O)[O-])c1. The molecule has 2 N–H and O–H groups in total. The molecule has 5 nitrogen and oxygen atoms in total. The lowest BCUT2D eigenvalue weighted by atomic mass is 10.2. The van der Waals surface area contributed by atoms with Crippen molar-refractivity contribution in [1.29, 1.82) is 0 Å². The van der Waals surface area contributed by atoms with Crippen LogP contribution in [-0.4, -0.2) is 11.9 Å². The molecule has 0 atom stereocenters. The van der Waals surface area contributed by atoms with E-state index in [-0.39, 0.29) is 11.1 Å². The van der Waals surface area contributed by atoms with Gasteiger partial charge in [-0.1, -0.05) is 30.0 Å². The van der Waals surface area contributed by atoms with Crippen LogP contribution in [0.1, 0.15) is 20.7 Å². The first kappa shape index (κ1) is 14.0. The van der Waals surface area contributed by atoms with Crippen LogP contribution in [-0.2, 0) is 0 Å². The van der Waals surface area contributed by atoms with Crippen LogP contribution in [0.25, 0.3) is 0 Å². The van der Waals surface area contributed by atoms with Crippen molar-refractivity contribution in [3.63, 3.8) is 0 Å². The minimum atomic E-state index is -1.37. The van der Waals surface area contributed by atoms with Crippen LogP contribution in [0.3, 0.4) is 0 Å². The molecule has 0 aliphatic rings. The monoisotopic (exact) mass is 287 g/mol. The number of nitrogens with two attached hydrogens (primary N) is 1. The second-order valence-electron chi connectivity index (χ2n) is 3.93. The number of carbonyl (C=O) groups is 2. The standard InChI is InChI=1S/C14H11NO4S/c15-8-5-6-12(10(7-8)14(18)19)20-11-4-2-1-3-9(11)13(16)17/h1-7H,15H2,(H,16,17)(H,18,19)/p-2. The summed E-state index contributed by atoms with van der Waals surface area (Å²) in [5, 5.41) is 22.1. The van der Waals surface area contributed by atoms with Gasteiger partial charge in [0.1, 0.15) is 0 Å². The van der Waals surface area contributed by atoms with Crippen LogP contribution in [0, 0.1) is 0 Å². The van der Waals surface area contributed by atoms with Crippen molar-refractivity contribution < 1.29 is 19.8 Å². The van der Waals surface area contributed by atoms with E-state index < -0.39 is 11.9 Å². The first-order valence-electron chi connectivity index (χ1n) is 5.58. The highest BCUT2D eigenvalue weighted by molar-refractivity contribution is 7.99. The Morgan fingerprint density at radius 1 is 0.900 bits per heavy atom. The highest BCUT2D eigenvalue weighted by Crippen LogP contribution is 2.33. The Kier molecular flexibility index (Phi) is 3.95. The molecule has 0 aliphatic heterocycles. The maximum absolute atomic E-state index is 11.1. The van der Waals surface area contributed by atoms with Crippen molar-refractivity contribution in [3.8, 4) is 0 Å². The number of aromatic carboxylic acids is 2. The number of carboxylic acids is 2. The average molecular weight is 287 g/mol. The number of rotatable bonds is 4. The zero-order chi connectivity index (χ0) is 14.7. The summed E-state index contributed by atoms with van der Waals surface area (Å²) in [5.74, 6) is -2.69. The summed E-state index contributed by atoms with van der Waals surface area (Å²) in [4.78, 5) is 22.8. The van der Waals surface area contributed by atoms with Gasteiger partial charge in [-0.3, -0.25) is 0 Å². The van der Waals surface area contributed by atoms with Crippen LogP contribution in [0.5, 0.6) is 0 Å². The normalized spacial score (nSPS) is 10.2. The van der Waals surface area contributed by atoms with Gasteiger partial charge in [-0.05, 0) is 24.3 Å². The van der Waals surface area contributed by atoms with Gasteiger partial charge in [0.05, 0.1) is 11.9 Å². The maximum atomic E-state index is 11.1. The van der Waals surface area contributed by atoms with Crippen LogP contribution >= 0.6 is 11.8 Å². The largest absolute Gasteiger partial charge is 0.545 e. The van der Waals surface area contributed by atoms with E-state index in [0.29, 0.717) is 15.5 Å². The highest BCUT2D eigenvalue weighted by Gasteiger charge is 2.09.